The lowest BCUT2D eigenvalue weighted by molar-refractivity contribution is 0.590. The second kappa shape index (κ2) is 15.0. The maximum Gasteiger partial charge on any atom is 0.333 e. The summed E-state index contributed by atoms with van der Waals surface area (Å²) >= 11 is 0. The first-order chi connectivity index (χ1) is 32.9. The van der Waals surface area contributed by atoms with Crippen LogP contribution in [0.1, 0.15) is 95.7 Å². The predicted molar refractivity (Wildman–Crippen MR) is 298 cm³/mol. The summed E-state index contributed by atoms with van der Waals surface area (Å²) in [4.78, 5) is 2.60. The van der Waals surface area contributed by atoms with Crippen LogP contribution in [0.2, 0.25) is 0 Å². The maximum atomic E-state index is 2.81. The zero-order valence-corrected chi connectivity index (χ0v) is 42.4. The molecule has 0 unspecified atom stereocenters. The van der Waals surface area contributed by atoms with Gasteiger partial charge in [0.2, 0.25) is 0 Å². The van der Waals surface area contributed by atoms with Crippen molar-refractivity contribution in [1.82, 2.24) is 9.05 Å². The van der Waals surface area contributed by atoms with Gasteiger partial charge in [-0.15, -0.1) is 0 Å². The van der Waals surface area contributed by atoms with E-state index in [1.165, 1.54) is 133 Å². The normalized spacial score (nSPS) is 13.4. The first-order valence-corrected chi connectivity index (χ1v) is 25.0. The molecule has 0 saturated carbocycles. The molecule has 0 aliphatic carbocycles. The van der Waals surface area contributed by atoms with Crippen LogP contribution in [0.3, 0.4) is 0 Å². The van der Waals surface area contributed by atoms with E-state index in [9.17, 15) is 0 Å². The van der Waals surface area contributed by atoms with Gasteiger partial charge in [0, 0.05) is 61.1 Å². The van der Waals surface area contributed by atoms with Crippen molar-refractivity contribution in [2.75, 3.05) is 4.90 Å². The van der Waals surface area contributed by atoms with Crippen LogP contribution in [0.4, 0.5) is 17.1 Å². The minimum atomic E-state index is -0.135. The molecule has 340 valence electrons. The summed E-state index contributed by atoms with van der Waals surface area (Å²) in [6.45, 7) is 27.8. The second-order valence-corrected chi connectivity index (χ2v) is 23.2. The van der Waals surface area contributed by atoms with Gasteiger partial charge < -0.3 is 13.9 Å². The molecular weight excluding hydrogens is 834 g/mol. The van der Waals surface area contributed by atoms with E-state index in [4.69, 9.17) is 0 Å². The Morgan fingerprint density at radius 2 is 1.07 bits per heavy atom. The number of fused-ring (bicyclic) bond motifs is 8. The van der Waals surface area contributed by atoms with E-state index in [-0.39, 0.29) is 23.1 Å². The molecule has 8 aromatic carbocycles. The number of para-hydroxylation sites is 2. The molecule has 0 fully saturated rings. The summed E-state index contributed by atoms with van der Waals surface area (Å²) in [6, 6.07) is 60.8. The third-order valence-corrected chi connectivity index (χ3v) is 15.5. The van der Waals surface area contributed by atoms with E-state index in [0.29, 0.717) is 0 Å². The summed E-state index contributed by atoms with van der Waals surface area (Å²) in [5.74, 6) is 0. The highest BCUT2D eigenvalue weighted by atomic mass is 15.2. The van der Waals surface area contributed by atoms with Gasteiger partial charge in [0.25, 0.3) is 0 Å². The van der Waals surface area contributed by atoms with Gasteiger partial charge in [0.1, 0.15) is 0 Å². The van der Waals surface area contributed by atoms with Crippen LogP contribution in [0.15, 0.2) is 158 Å². The lowest BCUT2D eigenvalue weighted by atomic mass is 9.44. The van der Waals surface area contributed by atoms with Gasteiger partial charge in [-0.05, 0) is 129 Å². The minimum absolute atomic E-state index is 0.0364. The Morgan fingerprint density at radius 3 is 1.75 bits per heavy atom. The van der Waals surface area contributed by atoms with Crippen molar-refractivity contribution in [1.29, 1.82) is 0 Å². The standard InChI is InChI=1S/C65H62BN3/c1-39-21-16-17-26-47(39)61-56(42-24-14-13-15-25-42)57-60-50(48-27-18-19-28-53(48)68(60)59-40(2)22-20-23-41(59)3)38-51-49-35-45(65(10,11)12)37-55-58(49)66(69(61)62(51)57)52-36-44(64(7,8)9)31-34-54(52)67(55)46-32-29-43(30-33-46)63(4,5)6/h13-38H,1-12H3. The van der Waals surface area contributed by atoms with Crippen molar-refractivity contribution in [3.63, 3.8) is 0 Å². The third kappa shape index (κ3) is 6.40. The molecule has 0 saturated heterocycles. The summed E-state index contributed by atoms with van der Waals surface area (Å²) in [5, 5.41) is 3.84. The monoisotopic (exact) mass is 896 g/mol. The fourth-order valence-electron chi connectivity index (χ4n) is 11.9. The molecule has 2 aliphatic rings. The molecule has 0 amide bonds. The SMILES string of the molecule is Cc1ccccc1-c1c(-c2ccccc2)c2c3c(cc4c5ccccc5n(-c5c(C)cccc5C)c42)-c2cc(C(C)(C)C)cc4c2B(c2cc(C(C)(C)C)ccc2N4c2ccc(C(C)(C)C)cc2)n13. The number of aromatic nitrogens is 2. The van der Waals surface area contributed by atoms with Crippen LogP contribution in [0.25, 0.3) is 71.9 Å². The van der Waals surface area contributed by atoms with Gasteiger partial charge in [-0.1, -0.05) is 184 Å². The number of anilines is 3. The van der Waals surface area contributed by atoms with E-state index >= 15 is 0 Å². The number of nitrogens with zero attached hydrogens (tertiary/aromatic N) is 3. The Bertz CT molecular complexity index is 3730. The first kappa shape index (κ1) is 43.3. The Labute approximate surface area is 409 Å². The number of benzene rings is 8. The topological polar surface area (TPSA) is 13.1 Å². The molecule has 4 heterocycles. The number of hydrogen-bond acceptors (Lipinski definition) is 1. The zero-order valence-electron chi connectivity index (χ0n) is 42.4. The van der Waals surface area contributed by atoms with E-state index in [2.05, 4.69) is 255 Å². The van der Waals surface area contributed by atoms with Gasteiger partial charge in [-0.2, -0.15) is 0 Å². The average molecular weight is 896 g/mol. The van der Waals surface area contributed by atoms with Crippen molar-refractivity contribution in [2.24, 2.45) is 0 Å². The smallest absolute Gasteiger partial charge is 0.333 e. The van der Waals surface area contributed by atoms with E-state index in [1.807, 2.05) is 0 Å². The summed E-state index contributed by atoms with van der Waals surface area (Å²) < 4.78 is 5.43. The van der Waals surface area contributed by atoms with Crippen LogP contribution in [-0.2, 0) is 16.2 Å². The molecule has 0 bridgehead atoms. The van der Waals surface area contributed by atoms with Crippen molar-refractivity contribution in [3.8, 4) is 39.2 Å². The molecule has 0 spiro atoms. The van der Waals surface area contributed by atoms with Crippen LogP contribution < -0.4 is 15.8 Å². The highest BCUT2D eigenvalue weighted by Gasteiger charge is 2.46. The quantitative estimate of drug-likeness (QED) is 0.160. The van der Waals surface area contributed by atoms with Gasteiger partial charge in [0.15, 0.2) is 0 Å². The predicted octanol–water partition coefficient (Wildman–Crippen LogP) is 16.3. The van der Waals surface area contributed by atoms with E-state index in [1.54, 1.807) is 0 Å². The highest BCUT2D eigenvalue weighted by molar-refractivity contribution is 6.90. The molecule has 0 radical (unpaired) electrons. The largest absolute Gasteiger partial charge is 0.375 e. The zero-order chi connectivity index (χ0) is 48.1. The van der Waals surface area contributed by atoms with E-state index < -0.39 is 0 Å². The molecule has 2 aromatic heterocycles. The molecule has 3 nitrogen and oxygen atoms in total. The fraction of sp³-hybridized carbons (Fsp3) is 0.231. The van der Waals surface area contributed by atoms with E-state index in [0.717, 1.165) is 0 Å². The average Bonchev–Trinajstić information content (AvgIpc) is 3.83. The number of rotatable bonds is 4. The summed E-state index contributed by atoms with van der Waals surface area (Å²) in [7, 11) is 0. The number of hydrogen-bond donors (Lipinski definition) is 0. The van der Waals surface area contributed by atoms with Crippen LogP contribution in [0.5, 0.6) is 0 Å². The lowest BCUT2D eigenvalue weighted by Crippen LogP contribution is -2.57. The molecule has 69 heavy (non-hydrogen) atoms. The second-order valence-electron chi connectivity index (χ2n) is 23.2. The molecule has 2 aliphatic heterocycles. The summed E-state index contributed by atoms with van der Waals surface area (Å²) in [5.41, 5.74) is 26.6. The van der Waals surface area contributed by atoms with Gasteiger partial charge >= 0.3 is 6.85 Å². The fourth-order valence-corrected chi connectivity index (χ4v) is 11.9. The number of aryl methyl sites for hydroxylation is 3. The molecule has 0 N–H and O–H groups in total. The van der Waals surface area contributed by atoms with Crippen molar-refractivity contribution in [3.05, 3.63) is 191 Å². The highest BCUT2D eigenvalue weighted by Crippen LogP contribution is 2.54. The van der Waals surface area contributed by atoms with Crippen molar-refractivity contribution in [2.45, 2.75) is 99.3 Å². The van der Waals surface area contributed by atoms with Crippen LogP contribution in [0, 0.1) is 20.8 Å². The lowest BCUT2D eigenvalue weighted by Gasteiger charge is -2.42. The van der Waals surface area contributed by atoms with Crippen LogP contribution in [-0.4, -0.2) is 15.9 Å². The first-order valence-electron chi connectivity index (χ1n) is 25.0. The van der Waals surface area contributed by atoms with Crippen molar-refractivity contribution >= 4 is 67.5 Å². The Hall–Kier alpha value is -7.04. The molecular formula is C65H62BN3. The minimum Gasteiger partial charge on any atom is -0.375 e. The van der Waals surface area contributed by atoms with Crippen molar-refractivity contribution < 1.29 is 0 Å². The maximum absolute atomic E-state index is 2.81. The molecule has 4 heteroatoms. The van der Waals surface area contributed by atoms with Gasteiger partial charge in [-0.25, -0.2) is 0 Å². The Balaban J connectivity index is 1.36. The Morgan fingerprint density at radius 1 is 0.449 bits per heavy atom. The molecule has 0 atom stereocenters. The van der Waals surface area contributed by atoms with Gasteiger partial charge in [-0.3, -0.25) is 0 Å². The summed E-state index contributed by atoms with van der Waals surface area (Å²) in [6.07, 6.45) is 0. The third-order valence-electron chi connectivity index (χ3n) is 15.5. The van der Waals surface area contributed by atoms with Crippen LogP contribution >= 0.6 is 0 Å². The Kier molecular flexibility index (Phi) is 9.39. The molecule has 10 aromatic rings. The van der Waals surface area contributed by atoms with Gasteiger partial charge in [0.05, 0.1) is 16.7 Å². The molecule has 12 rings (SSSR count).